The highest BCUT2D eigenvalue weighted by Gasteiger charge is 2.21. The topological polar surface area (TPSA) is 41.1 Å². The van der Waals surface area contributed by atoms with Crippen LogP contribution in [0.4, 0.5) is 0 Å². The summed E-state index contributed by atoms with van der Waals surface area (Å²) < 4.78 is 0. The molecule has 0 aromatic carbocycles. The number of thiophene rings is 1. The molecule has 1 aromatic heterocycles. The highest BCUT2D eigenvalue weighted by molar-refractivity contribution is 7.10. The molecular weight excluding hydrogens is 220 g/mol. The molecule has 2 unspecified atom stereocenters. The van der Waals surface area contributed by atoms with Crippen LogP contribution in [0.3, 0.4) is 0 Å². The Hall–Kier alpha value is -0.870. The Labute approximate surface area is 100 Å². The SMILES string of the molecule is Cc1ccsc1C(C)NCC1CCC(=O)N1. The van der Waals surface area contributed by atoms with Gasteiger partial charge in [0.1, 0.15) is 0 Å². The lowest BCUT2D eigenvalue weighted by atomic mass is 10.1. The minimum atomic E-state index is 0.187. The monoisotopic (exact) mass is 238 g/mol. The molecule has 1 aliphatic heterocycles. The van der Waals surface area contributed by atoms with Crippen LogP contribution >= 0.6 is 11.3 Å². The molecule has 2 N–H and O–H groups in total. The second-order valence-electron chi connectivity index (χ2n) is 4.40. The summed E-state index contributed by atoms with van der Waals surface area (Å²) in [5.74, 6) is 0.187. The van der Waals surface area contributed by atoms with Crippen LogP contribution in [0.5, 0.6) is 0 Å². The van der Waals surface area contributed by atoms with Gasteiger partial charge in [-0.3, -0.25) is 4.79 Å². The number of amides is 1. The van der Waals surface area contributed by atoms with Crippen LogP contribution in [0.2, 0.25) is 0 Å². The molecule has 1 amide bonds. The smallest absolute Gasteiger partial charge is 0.220 e. The fourth-order valence-electron chi connectivity index (χ4n) is 2.07. The fourth-order valence-corrected chi connectivity index (χ4v) is 3.03. The summed E-state index contributed by atoms with van der Waals surface area (Å²) in [6.45, 7) is 5.18. The first-order chi connectivity index (χ1) is 7.66. The van der Waals surface area contributed by atoms with Crippen LogP contribution < -0.4 is 10.6 Å². The van der Waals surface area contributed by atoms with Crippen LogP contribution in [-0.2, 0) is 4.79 Å². The average Bonchev–Trinajstić information content (AvgIpc) is 2.84. The van der Waals surface area contributed by atoms with Crippen molar-refractivity contribution in [1.29, 1.82) is 0 Å². The van der Waals surface area contributed by atoms with E-state index in [-0.39, 0.29) is 5.91 Å². The largest absolute Gasteiger partial charge is 0.352 e. The Bertz CT molecular complexity index is 375. The number of carbonyl (C=O) groups excluding carboxylic acids is 1. The normalized spacial score (nSPS) is 22.1. The van der Waals surface area contributed by atoms with Crippen molar-refractivity contribution in [3.8, 4) is 0 Å². The zero-order valence-corrected chi connectivity index (χ0v) is 10.6. The maximum Gasteiger partial charge on any atom is 0.220 e. The molecule has 1 fully saturated rings. The first-order valence-corrected chi connectivity index (χ1v) is 6.61. The van der Waals surface area contributed by atoms with Gasteiger partial charge in [0.15, 0.2) is 0 Å². The lowest BCUT2D eigenvalue weighted by molar-refractivity contribution is -0.119. The van der Waals surface area contributed by atoms with E-state index in [4.69, 9.17) is 0 Å². The van der Waals surface area contributed by atoms with Gasteiger partial charge in [-0.15, -0.1) is 11.3 Å². The van der Waals surface area contributed by atoms with E-state index in [0.717, 1.165) is 13.0 Å². The summed E-state index contributed by atoms with van der Waals surface area (Å²) in [5.41, 5.74) is 1.35. The van der Waals surface area contributed by atoms with E-state index in [1.807, 2.05) is 0 Å². The quantitative estimate of drug-likeness (QED) is 0.842. The predicted molar refractivity (Wildman–Crippen MR) is 66.6 cm³/mol. The Morgan fingerprint density at radius 2 is 2.50 bits per heavy atom. The summed E-state index contributed by atoms with van der Waals surface area (Å²) in [7, 11) is 0. The minimum Gasteiger partial charge on any atom is -0.352 e. The van der Waals surface area contributed by atoms with Crippen LogP contribution in [0.15, 0.2) is 11.4 Å². The van der Waals surface area contributed by atoms with Crippen molar-refractivity contribution in [2.45, 2.75) is 38.8 Å². The molecule has 0 saturated carbocycles. The zero-order valence-electron chi connectivity index (χ0n) is 9.75. The fraction of sp³-hybridized carbons (Fsp3) is 0.583. The molecule has 0 radical (unpaired) electrons. The second kappa shape index (κ2) is 4.97. The van der Waals surface area contributed by atoms with Crippen molar-refractivity contribution in [3.63, 3.8) is 0 Å². The maximum atomic E-state index is 11.0. The Morgan fingerprint density at radius 1 is 1.69 bits per heavy atom. The van der Waals surface area contributed by atoms with Crippen molar-refractivity contribution in [3.05, 3.63) is 21.9 Å². The standard InChI is InChI=1S/C12H18N2OS/c1-8-5-6-16-12(8)9(2)13-7-10-3-4-11(15)14-10/h5-6,9-10,13H,3-4,7H2,1-2H3,(H,14,15). The van der Waals surface area contributed by atoms with E-state index in [9.17, 15) is 4.79 Å². The van der Waals surface area contributed by atoms with Crippen molar-refractivity contribution < 1.29 is 4.79 Å². The van der Waals surface area contributed by atoms with Gasteiger partial charge in [0.05, 0.1) is 0 Å². The van der Waals surface area contributed by atoms with Crippen LogP contribution in [-0.4, -0.2) is 18.5 Å². The number of rotatable bonds is 4. The van der Waals surface area contributed by atoms with E-state index in [1.54, 1.807) is 11.3 Å². The summed E-state index contributed by atoms with van der Waals surface area (Å²) >= 11 is 1.79. The molecule has 0 spiro atoms. The van der Waals surface area contributed by atoms with Crippen molar-refractivity contribution in [2.75, 3.05) is 6.54 Å². The van der Waals surface area contributed by atoms with Crippen molar-refractivity contribution in [2.24, 2.45) is 0 Å². The molecule has 1 aromatic rings. The Kier molecular flexibility index (Phi) is 3.61. The van der Waals surface area contributed by atoms with Crippen LogP contribution in [0.1, 0.15) is 36.2 Å². The van der Waals surface area contributed by atoms with Gasteiger partial charge in [-0.25, -0.2) is 0 Å². The van der Waals surface area contributed by atoms with Gasteiger partial charge in [0.25, 0.3) is 0 Å². The van der Waals surface area contributed by atoms with Gasteiger partial charge >= 0.3 is 0 Å². The lowest BCUT2D eigenvalue weighted by Crippen LogP contribution is -2.36. The number of aryl methyl sites for hydroxylation is 1. The van der Waals surface area contributed by atoms with Gasteiger partial charge < -0.3 is 10.6 Å². The zero-order chi connectivity index (χ0) is 11.5. The highest BCUT2D eigenvalue weighted by Crippen LogP contribution is 2.23. The molecule has 3 nitrogen and oxygen atoms in total. The summed E-state index contributed by atoms with van der Waals surface area (Å²) in [6, 6.07) is 2.84. The Balaban J connectivity index is 1.82. The summed E-state index contributed by atoms with van der Waals surface area (Å²) in [5, 5.41) is 8.58. The molecule has 0 aliphatic carbocycles. The van der Waals surface area contributed by atoms with E-state index in [2.05, 4.69) is 35.9 Å². The van der Waals surface area contributed by atoms with Gasteiger partial charge in [-0.2, -0.15) is 0 Å². The molecule has 4 heteroatoms. The Morgan fingerprint density at radius 3 is 3.06 bits per heavy atom. The van der Waals surface area contributed by atoms with Crippen molar-refractivity contribution >= 4 is 17.2 Å². The lowest BCUT2D eigenvalue weighted by Gasteiger charge is -2.17. The molecular formula is C12H18N2OS. The van der Waals surface area contributed by atoms with E-state index in [1.165, 1.54) is 10.4 Å². The van der Waals surface area contributed by atoms with E-state index in [0.29, 0.717) is 18.5 Å². The highest BCUT2D eigenvalue weighted by atomic mass is 32.1. The molecule has 2 atom stereocenters. The van der Waals surface area contributed by atoms with E-state index < -0.39 is 0 Å². The molecule has 88 valence electrons. The van der Waals surface area contributed by atoms with Crippen LogP contribution in [0, 0.1) is 6.92 Å². The number of hydrogen-bond donors (Lipinski definition) is 2. The molecule has 2 rings (SSSR count). The van der Waals surface area contributed by atoms with Gasteiger partial charge in [-0.05, 0) is 37.3 Å². The first kappa shape index (κ1) is 11.6. The first-order valence-electron chi connectivity index (χ1n) is 5.73. The molecule has 1 saturated heterocycles. The van der Waals surface area contributed by atoms with Crippen molar-refractivity contribution in [1.82, 2.24) is 10.6 Å². The summed E-state index contributed by atoms with van der Waals surface area (Å²) in [4.78, 5) is 12.4. The number of nitrogens with one attached hydrogen (secondary N) is 2. The molecule has 1 aliphatic rings. The molecule has 2 heterocycles. The van der Waals surface area contributed by atoms with Gasteiger partial charge in [-0.1, -0.05) is 0 Å². The molecule has 0 bridgehead atoms. The number of hydrogen-bond acceptors (Lipinski definition) is 3. The number of carbonyl (C=O) groups is 1. The third-order valence-corrected chi connectivity index (χ3v) is 4.25. The summed E-state index contributed by atoms with van der Waals surface area (Å²) in [6.07, 6.45) is 1.64. The maximum absolute atomic E-state index is 11.0. The van der Waals surface area contributed by atoms with Crippen LogP contribution in [0.25, 0.3) is 0 Å². The van der Waals surface area contributed by atoms with E-state index >= 15 is 0 Å². The second-order valence-corrected chi connectivity index (χ2v) is 5.35. The third-order valence-electron chi connectivity index (χ3n) is 3.05. The third kappa shape index (κ3) is 2.62. The van der Waals surface area contributed by atoms with Gasteiger partial charge in [0, 0.05) is 29.9 Å². The average molecular weight is 238 g/mol. The minimum absolute atomic E-state index is 0.187. The predicted octanol–water partition coefficient (Wildman–Crippen LogP) is 1.99. The van der Waals surface area contributed by atoms with Gasteiger partial charge in [0.2, 0.25) is 5.91 Å². The molecule has 16 heavy (non-hydrogen) atoms.